The number of anilines is 2. The third kappa shape index (κ3) is 6.36. The fourth-order valence-electron chi connectivity index (χ4n) is 3.28. The first-order valence-electron chi connectivity index (χ1n) is 10.6. The van der Waals surface area contributed by atoms with Gasteiger partial charge in [-0.15, -0.1) is 0 Å². The van der Waals surface area contributed by atoms with Gasteiger partial charge < -0.3 is 10.6 Å². The van der Waals surface area contributed by atoms with Gasteiger partial charge >= 0.3 is 0 Å². The maximum absolute atomic E-state index is 12.8. The molecule has 3 aromatic rings. The van der Waals surface area contributed by atoms with Crippen LogP contribution in [0, 0.1) is 0 Å². The predicted octanol–water partition coefficient (Wildman–Crippen LogP) is 4.70. The fourth-order valence-corrected chi connectivity index (χ4v) is 4.36. The zero-order valence-electron chi connectivity index (χ0n) is 19.1. The molecule has 3 aromatic carbocycles. The number of carbonyl (C=O) groups is 2. The van der Waals surface area contributed by atoms with Crippen LogP contribution in [0.2, 0.25) is 5.02 Å². The number of amides is 2. The van der Waals surface area contributed by atoms with E-state index in [1.54, 1.807) is 60.7 Å². The fraction of sp³-hybridized carbons (Fsp3) is 0.200. The zero-order chi connectivity index (χ0) is 24.9. The van der Waals surface area contributed by atoms with E-state index in [1.807, 2.05) is 13.8 Å². The Bertz CT molecular complexity index is 1290. The van der Waals surface area contributed by atoms with Crippen molar-refractivity contribution in [1.29, 1.82) is 0 Å². The number of nitrogens with one attached hydrogen (secondary N) is 2. The monoisotopic (exact) mass is 499 g/mol. The summed E-state index contributed by atoms with van der Waals surface area (Å²) in [4.78, 5) is 25.3. The molecule has 0 aliphatic heterocycles. The predicted molar refractivity (Wildman–Crippen MR) is 136 cm³/mol. The van der Waals surface area contributed by atoms with Crippen LogP contribution in [-0.2, 0) is 16.6 Å². The third-order valence-corrected chi connectivity index (χ3v) is 6.44. The number of hydrogen-bond acceptors (Lipinski definition) is 4. The Hall–Kier alpha value is -3.36. The van der Waals surface area contributed by atoms with Crippen molar-refractivity contribution in [3.63, 3.8) is 0 Å². The second kappa shape index (κ2) is 10.7. The van der Waals surface area contributed by atoms with Crippen molar-refractivity contribution >= 4 is 44.8 Å². The van der Waals surface area contributed by atoms with Gasteiger partial charge in [0.2, 0.25) is 10.0 Å². The van der Waals surface area contributed by atoms with Crippen molar-refractivity contribution in [2.45, 2.75) is 26.4 Å². The minimum Gasteiger partial charge on any atom is -0.350 e. The molecule has 0 aliphatic carbocycles. The lowest BCUT2D eigenvalue weighted by atomic mass is 10.1. The minimum absolute atomic E-state index is 0.0487. The van der Waals surface area contributed by atoms with Crippen LogP contribution in [0.1, 0.15) is 40.1 Å². The molecule has 9 heteroatoms. The highest BCUT2D eigenvalue weighted by atomic mass is 35.5. The molecule has 0 unspecified atom stereocenters. The lowest BCUT2D eigenvalue weighted by Crippen LogP contribution is -2.31. The molecule has 0 fully saturated rings. The standard InChI is InChI=1S/C25H26ClN3O4S/c1-17(2)27-25(31)21-9-5-7-11-23(21)28-24(30)18-12-14-20(15-13-18)29(34(3,32)33)16-19-8-4-6-10-22(19)26/h4-15,17H,16H2,1-3H3,(H,27,31)(H,28,30). The van der Waals surface area contributed by atoms with Crippen LogP contribution < -0.4 is 14.9 Å². The maximum atomic E-state index is 12.8. The molecule has 0 heterocycles. The summed E-state index contributed by atoms with van der Waals surface area (Å²) in [6.45, 7) is 3.76. The van der Waals surface area contributed by atoms with E-state index in [4.69, 9.17) is 11.6 Å². The first-order chi connectivity index (χ1) is 16.1. The Labute approximate surface area is 204 Å². The number of sulfonamides is 1. The molecule has 0 radical (unpaired) electrons. The number of hydrogen-bond donors (Lipinski definition) is 2. The SMILES string of the molecule is CC(C)NC(=O)c1ccccc1NC(=O)c1ccc(N(Cc2ccccc2Cl)S(C)(=O)=O)cc1. The molecule has 2 amide bonds. The van der Waals surface area contributed by atoms with Crippen LogP contribution in [0.25, 0.3) is 0 Å². The molecule has 2 N–H and O–H groups in total. The molecule has 0 saturated carbocycles. The average molecular weight is 500 g/mol. The molecule has 7 nitrogen and oxygen atoms in total. The highest BCUT2D eigenvalue weighted by molar-refractivity contribution is 7.92. The van der Waals surface area contributed by atoms with Gasteiger partial charge in [-0.05, 0) is 61.9 Å². The lowest BCUT2D eigenvalue weighted by Gasteiger charge is -2.23. The number of para-hydroxylation sites is 1. The number of benzene rings is 3. The number of nitrogens with zero attached hydrogens (tertiary/aromatic N) is 1. The van der Waals surface area contributed by atoms with Gasteiger partial charge in [0.15, 0.2) is 0 Å². The van der Waals surface area contributed by atoms with Gasteiger partial charge in [0.1, 0.15) is 0 Å². The van der Waals surface area contributed by atoms with Gasteiger partial charge in [-0.1, -0.05) is 41.9 Å². The van der Waals surface area contributed by atoms with Crippen LogP contribution in [0.4, 0.5) is 11.4 Å². The molecule has 0 aliphatic rings. The molecule has 178 valence electrons. The van der Waals surface area contributed by atoms with E-state index in [1.165, 1.54) is 16.4 Å². The van der Waals surface area contributed by atoms with Gasteiger partial charge in [0.25, 0.3) is 11.8 Å². The molecule has 34 heavy (non-hydrogen) atoms. The van der Waals surface area contributed by atoms with Crippen molar-refractivity contribution in [3.8, 4) is 0 Å². The summed E-state index contributed by atoms with van der Waals surface area (Å²) in [7, 11) is -3.61. The van der Waals surface area contributed by atoms with Gasteiger partial charge in [-0.2, -0.15) is 0 Å². The van der Waals surface area contributed by atoms with Crippen LogP contribution in [0.3, 0.4) is 0 Å². The summed E-state index contributed by atoms with van der Waals surface area (Å²) in [5, 5.41) is 6.03. The summed E-state index contributed by atoms with van der Waals surface area (Å²) in [6, 6.07) is 19.9. The van der Waals surface area contributed by atoms with Crippen LogP contribution >= 0.6 is 11.6 Å². The molecule has 3 rings (SSSR count). The molecule has 0 spiro atoms. The van der Waals surface area contributed by atoms with E-state index < -0.39 is 15.9 Å². The van der Waals surface area contributed by atoms with Crippen molar-refractivity contribution in [2.75, 3.05) is 15.9 Å². The van der Waals surface area contributed by atoms with E-state index in [0.29, 0.717) is 33.1 Å². The highest BCUT2D eigenvalue weighted by Gasteiger charge is 2.20. The van der Waals surface area contributed by atoms with E-state index >= 15 is 0 Å². The highest BCUT2D eigenvalue weighted by Crippen LogP contribution is 2.25. The van der Waals surface area contributed by atoms with Gasteiger partial charge in [0, 0.05) is 16.6 Å². The van der Waals surface area contributed by atoms with Crippen molar-refractivity contribution in [3.05, 3.63) is 94.5 Å². The largest absolute Gasteiger partial charge is 0.350 e. The minimum atomic E-state index is -3.61. The smallest absolute Gasteiger partial charge is 0.255 e. The molecule has 0 saturated heterocycles. The van der Waals surface area contributed by atoms with Gasteiger partial charge in [-0.25, -0.2) is 8.42 Å². The number of carbonyl (C=O) groups excluding carboxylic acids is 2. The molecule has 0 aromatic heterocycles. The first-order valence-corrected chi connectivity index (χ1v) is 12.8. The van der Waals surface area contributed by atoms with E-state index in [-0.39, 0.29) is 18.5 Å². The van der Waals surface area contributed by atoms with E-state index in [9.17, 15) is 18.0 Å². The summed E-state index contributed by atoms with van der Waals surface area (Å²) >= 11 is 6.21. The second-order valence-corrected chi connectivity index (χ2v) is 10.3. The molecule has 0 atom stereocenters. The number of halogens is 1. The maximum Gasteiger partial charge on any atom is 0.255 e. The van der Waals surface area contributed by atoms with E-state index in [0.717, 1.165) is 6.26 Å². The van der Waals surface area contributed by atoms with Crippen LogP contribution in [-0.4, -0.2) is 32.5 Å². The quantitative estimate of drug-likeness (QED) is 0.469. The average Bonchev–Trinajstić information content (AvgIpc) is 2.77. The van der Waals surface area contributed by atoms with Crippen LogP contribution in [0.15, 0.2) is 72.8 Å². The summed E-state index contributed by atoms with van der Waals surface area (Å²) in [5.41, 5.74) is 2.10. The Balaban J connectivity index is 1.82. The van der Waals surface area contributed by atoms with Crippen molar-refractivity contribution < 1.29 is 18.0 Å². The number of rotatable bonds is 8. The Morgan fingerprint density at radius 1 is 0.912 bits per heavy atom. The van der Waals surface area contributed by atoms with Crippen molar-refractivity contribution in [1.82, 2.24) is 5.32 Å². The summed E-state index contributed by atoms with van der Waals surface area (Å²) in [6.07, 6.45) is 1.11. The first kappa shape index (κ1) is 25.3. The molecular weight excluding hydrogens is 474 g/mol. The Morgan fingerprint density at radius 3 is 2.15 bits per heavy atom. The van der Waals surface area contributed by atoms with Crippen LogP contribution in [0.5, 0.6) is 0 Å². The molecule has 0 bridgehead atoms. The topological polar surface area (TPSA) is 95.6 Å². The lowest BCUT2D eigenvalue weighted by molar-refractivity contribution is 0.0944. The normalized spacial score (nSPS) is 11.2. The third-order valence-electron chi connectivity index (χ3n) is 4.93. The second-order valence-electron chi connectivity index (χ2n) is 8.04. The summed E-state index contributed by atoms with van der Waals surface area (Å²) < 4.78 is 26.1. The Morgan fingerprint density at radius 2 is 1.53 bits per heavy atom. The zero-order valence-corrected chi connectivity index (χ0v) is 20.7. The van der Waals surface area contributed by atoms with Gasteiger partial charge in [-0.3, -0.25) is 13.9 Å². The van der Waals surface area contributed by atoms with Gasteiger partial charge in [0.05, 0.1) is 29.7 Å². The molecular formula is C25H26ClN3O4S. The van der Waals surface area contributed by atoms with Crippen molar-refractivity contribution in [2.24, 2.45) is 0 Å². The summed E-state index contributed by atoms with van der Waals surface area (Å²) in [5.74, 6) is -0.710. The van der Waals surface area contributed by atoms with E-state index in [2.05, 4.69) is 10.6 Å². The Kier molecular flexibility index (Phi) is 7.96.